The van der Waals surface area contributed by atoms with Crippen LogP contribution in [0.4, 0.5) is 4.79 Å². The van der Waals surface area contributed by atoms with Gasteiger partial charge in [-0.25, -0.2) is 9.78 Å². The van der Waals surface area contributed by atoms with E-state index in [4.69, 9.17) is 4.74 Å². The van der Waals surface area contributed by atoms with Crippen LogP contribution in [-0.2, 0) is 4.74 Å². The lowest BCUT2D eigenvalue weighted by Crippen LogP contribution is -2.07. The van der Waals surface area contributed by atoms with Crippen molar-refractivity contribution in [1.82, 2.24) is 9.38 Å². The van der Waals surface area contributed by atoms with Crippen molar-refractivity contribution >= 4 is 27.7 Å². The molecular weight excluding hydrogens is 348 g/mol. The molecule has 6 heteroatoms. The molecule has 0 aliphatic carbocycles. The van der Waals surface area contributed by atoms with E-state index in [-0.39, 0.29) is 0 Å². The van der Waals surface area contributed by atoms with Crippen molar-refractivity contribution in [1.29, 1.82) is 0 Å². The van der Waals surface area contributed by atoms with Crippen molar-refractivity contribution in [3.05, 3.63) is 52.8 Å². The molecule has 0 spiro atoms. The Labute approximate surface area is 135 Å². The molecule has 3 aromatic rings. The lowest BCUT2D eigenvalue weighted by molar-refractivity contribution is 0.121. The zero-order chi connectivity index (χ0) is 15.7. The quantitative estimate of drug-likeness (QED) is 0.642. The lowest BCUT2D eigenvalue weighted by Gasteiger charge is -2.04. The second kappa shape index (κ2) is 5.81. The predicted molar refractivity (Wildman–Crippen MR) is 86.1 cm³/mol. The highest BCUT2D eigenvalue weighted by Gasteiger charge is 2.12. The molecule has 0 saturated heterocycles. The summed E-state index contributed by atoms with van der Waals surface area (Å²) in [6.07, 6.45) is 0.974. The summed E-state index contributed by atoms with van der Waals surface area (Å²) >= 11 is 3.42. The molecular formula is C16H13BrN2O3. The van der Waals surface area contributed by atoms with Gasteiger partial charge in [0.1, 0.15) is 5.65 Å². The smallest absolute Gasteiger partial charge is 0.437 e. The van der Waals surface area contributed by atoms with Gasteiger partial charge in [-0.3, -0.25) is 4.40 Å². The van der Waals surface area contributed by atoms with Gasteiger partial charge in [0.2, 0.25) is 0 Å². The Morgan fingerprint density at radius 1 is 1.18 bits per heavy atom. The SMILES string of the molecule is COC(=O)Oc1ccc2nc(-c3ccc(Br)cc3)c(C)n2c1. The average molecular weight is 361 g/mol. The lowest BCUT2D eigenvalue weighted by atomic mass is 10.1. The Morgan fingerprint density at radius 2 is 1.91 bits per heavy atom. The minimum absolute atomic E-state index is 0.405. The number of imidazole rings is 1. The summed E-state index contributed by atoms with van der Waals surface area (Å²) in [4.78, 5) is 15.8. The number of rotatable bonds is 2. The monoisotopic (exact) mass is 360 g/mol. The second-order valence-electron chi connectivity index (χ2n) is 4.70. The Kier molecular flexibility index (Phi) is 3.85. The number of ether oxygens (including phenoxy) is 2. The van der Waals surface area contributed by atoms with Gasteiger partial charge in [0.25, 0.3) is 0 Å². The maximum absolute atomic E-state index is 11.2. The second-order valence-corrected chi connectivity index (χ2v) is 5.62. The Bertz CT molecular complexity index is 840. The van der Waals surface area contributed by atoms with E-state index >= 15 is 0 Å². The van der Waals surface area contributed by atoms with Crippen molar-refractivity contribution in [2.75, 3.05) is 7.11 Å². The summed E-state index contributed by atoms with van der Waals surface area (Å²) in [5, 5.41) is 0. The van der Waals surface area contributed by atoms with Gasteiger partial charge in [0.05, 0.1) is 19.0 Å². The van der Waals surface area contributed by atoms with Crippen LogP contribution in [0.3, 0.4) is 0 Å². The molecule has 0 saturated carbocycles. The number of fused-ring (bicyclic) bond motifs is 1. The van der Waals surface area contributed by atoms with E-state index in [1.807, 2.05) is 35.6 Å². The maximum atomic E-state index is 11.2. The summed E-state index contributed by atoms with van der Waals surface area (Å²) < 4.78 is 12.4. The van der Waals surface area contributed by atoms with Gasteiger partial charge in [-0.2, -0.15) is 0 Å². The van der Waals surface area contributed by atoms with Crippen LogP contribution in [-0.4, -0.2) is 22.6 Å². The third-order valence-corrected chi connectivity index (χ3v) is 3.84. The third-order valence-electron chi connectivity index (χ3n) is 3.32. The topological polar surface area (TPSA) is 52.8 Å². The van der Waals surface area contributed by atoms with E-state index < -0.39 is 6.16 Å². The van der Waals surface area contributed by atoms with Crippen LogP contribution in [0, 0.1) is 6.92 Å². The molecule has 22 heavy (non-hydrogen) atoms. The van der Waals surface area contributed by atoms with Gasteiger partial charge >= 0.3 is 6.16 Å². The van der Waals surface area contributed by atoms with Crippen LogP contribution in [0.15, 0.2) is 47.1 Å². The molecule has 2 aromatic heterocycles. The molecule has 0 aliphatic rings. The fraction of sp³-hybridized carbons (Fsp3) is 0.125. The maximum Gasteiger partial charge on any atom is 0.513 e. The first-order chi connectivity index (χ1) is 10.6. The zero-order valence-corrected chi connectivity index (χ0v) is 13.6. The molecule has 0 bridgehead atoms. The van der Waals surface area contributed by atoms with E-state index in [9.17, 15) is 4.79 Å². The molecule has 0 fully saturated rings. The van der Waals surface area contributed by atoms with Crippen molar-refractivity contribution in [3.8, 4) is 17.0 Å². The Morgan fingerprint density at radius 3 is 2.59 bits per heavy atom. The molecule has 0 atom stereocenters. The zero-order valence-electron chi connectivity index (χ0n) is 12.0. The van der Waals surface area contributed by atoms with Gasteiger partial charge in [-0.1, -0.05) is 28.1 Å². The van der Waals surface area contributed by atoms with E-state index in [0.29, 0.717) is 5.75 Å². The van der Waals surface area contributed by atoms with Crippen molar-refractivity contribution in [2.24, 2.45) is 0 Å². The fourth-order valence-corrected chi connectivity index (χ4v) is 2.49. The third kappa shape index (κ3) is 2.69. The normalized spacial score (nSPS) is 10.7. The number of nitrogens with zero attached hydrogens (tertiary/aromatic N) is 2. The van der Waals surface area contributed by atoms with E-state index in [1.54, 1.807) is 18.3 Å². The number of hydrogen-bond donors (Lipinski definition) is 0. The molecule has 5 nitrogen and oxygen atoms in total. The summed E-state index contributed by atoms with van der Waals surface area (Å²) in [7, 11) is 1.27. The van der Waals surface area contributed by atoms with Crippen LogP contribution < -0.4 is 4.74 Å². The minimum Gasteiger partial charge on any atom is -0.437 e. The highest BCUT2D eigenvalue weighted by molar-refractivity contribution is 9.10. The van der Waals surface area contributed by atoms with Crippen LogP contribution in [0.25, 0.3) is 16.9 Å². The molecule has 1 aromatic carbocycles. The van der Waals surface area contributed by atoms with Gasteiger partial charge in [-0.15, -0.1) is 0 Å². The molecule has 112 valence electrons. The van der Waals surface area contributed by atoms with Crippen LogP contribution in [0.5, 0.6) is 5.75 Å². The minimum atomic E-state index is -0.745. The highest BCUT2D eigenvalue weighted by atomic mass is 79.9. The number of carbonyl (C=O) groups is 1. The standard InChI is InChI=1S/C16H13BrN2O3/c1-10-15(11-3-5-12(17)6-4-11)18-14-8-7-13(9-19(10)14)22-16(20)21-2/h3-9H,1-2H3. The predicted octanol–water partition coefficient (Wildman–Crippen LogP) is 4.22. The van der Waals surface area contributed by atoms with E-state index in [1.165, 1.54) is 7.11 Å². The van der Waals surface area contributed by atoms with Crippen molar-refractivity contribution < 1.29 is 14.3 Å². The summed E-state index contributed by atoms with van der Waals surface area (Å²) in [6, 6.07) is 11.4. The molecule has 0 aliphatic heterocycles. The first kappa shape index (κ1) is 14.6. The fourth-order valence-electron chi connectivity index (χ4n) is 2.22. The Balaban J connectivity index is 2.05. The number of methoxy groups -OCH3 is 1. The van der Waals surface area contributed by atoms with Crippen molar-refractivity contribution in [2.45, 2.75) is 6.92 Å². The molecule has 0 N–H and O–H groups in total. The summed E-state index contributed by atoms with van der Waals surface area (Å²) in [5.74, 6) is 0.405. The van der Waals surface area contributed by atoms with Crippen LogP contribution in [0.1, 0.15) is 5.69 Å². The van der Waals surface area contributed by atoms with Gasteiger partial charge in [0.15, 0.2) is 5.75 Å². The molecule has 0 unspecified atom stereocenters. The van der Waals surface area contributed by atoms with Gasteiger partial charge < -0.3 is 9.47 Å². The molecule has 2 heterocycles. The van der Waals surface area contributed by atoms with Gasteiger partial charge in [-0.05, 0) is 31.2 Å². The number of benzene rings is 1. The largest absolute Gasteiger partial charge is 0.513 e. The van der Waals surface area contributed by atoms with E-state index in [0.717, 1.165) is 27.1 Å². The summed E-state index contributed by atoms with van der Waals surface area (Å²) in [6.45, 7) is 1.97. The Hall–Kier alpha value is -2.34. The van der Waals surface area contributed by atoms with Crippen LogP contribution in [0.2, 0.25) is 0 Å². The number of hydrogen-bond acceptors (Lipinski definition) is 4. The summed E-state index contributed by atoms with van der Waals surface area (Å²) in [5.41, 5.74) is 3.67. The number of aromatic nitrogens is 2. The van der Waals surface area contributed by atoms with E-state index in [2.05, 4.69) is 25.7 Å². The molecule has 3 rings (SSSR count). The number of carbonyl (C=O) groups excluding carboxylic acids is 1. The van der Waals surface area contributed by atoms with Crippen LogP contribution >= 0.6 is 15.9 Å². The number of halogens is 1. The molecule has 0 radical (unpaired) electrons. The van der Waals surface area contributed by atoms with Crippen molar-refractivity contribution in [3.63, 3.8) is 0 Å². The highest BCUT2D eigenvalue weighted by Crippen LogP contribution is 2.26. The molecule has 0 amide bonds. The average Bonchev–Trinajstić information content (AvgIpc) is 2.85. The van der Waals surface area contributed by atoms with Gasteiger partial charge in [0, 0.05) is 15.7 Å². The first-order valence-electron chi connectivity index (χ1n) is 6.59. The number of pyridine rings is 1. The number of aryl methyl sites for hydroxylation is 1. The first-order valence-corrected chi connectivity index (χ1v) is 7.38.